The molecule has 2 fully saturated rings. The first-order chi connectivity index (χ1) is 14.3. The third-order valence-electron chi connectivity index (χ3n) is 5.48. The third-order valence-corrected chi connectivity index (χ3v) is 5.65. The second-order valence-electron chi connectivity index (χ2n) is 8.90. The summed E-state index contributed by atoms with van der Waals surface area (Å²) in [4.78, 5) is 23.6. The van der Waals surface area contributed by atoms with E-state index in [-0.39, 0.29) is 30.3 Å². The van der Waals surface area contributed by atoms with Gasteiger partial charge in [-0.3, -0.25) is 4.90 Å². The van der Waals surface area contributed by atoms with E-state index in [4.69, 9.17) is 21.1 Å². The average molecular weight is 438 g/mol. The van der Waals surface area contributed by atoms with Gasteiger partial charge in [-0.2, -0.15) is 15.1 Å². The van der Waals surface area contributed by atoms with Crippen LogP contribution in [0.15, 0.2) is 6.20 Å². The van der Waals surface area contributed by atoms with E-state index < -0.39 is 11.7 Å². The maximum absolute atomic E-state index is 13.2. The molecule has 1 saturated carbocycles. The van der Waals surface area contributed by atoms with Gasteiger partial charge in [-0.15, -0.1) is 0 Å². The molecule has 1 aliphatic heterocycles. The summed E-state index contributed by atoms with van der Waals surface area (Å²) in [5.41, 5.74) is -0.134. The van der Waals surface area contributed by atoms with Crippen LogP contribution in [0.3, 0.4) is 0 Å². The molecule has 9 nitrogen and oxygen atoms in total. The van der Waals surface area contributed by atoms with Gasteiger partial charge in [0, 0.05) is 6.04 Å². The van der Waals surface area contributed by atoms with Crippen molar-refractivity contribution >= 4 is 34.5 Å². The Bertz CT molecular complexity index is 922. The molecular formula is C20H28ClN5O4. The number of aliphatic hydroxyl groups excluding tert-OH is 1. The number of hydrogen-bond donors (Lipinski definition) is 1. The van der Waals surface area contributed by atoms with Gasteiger partial charge in [-0.1, -0.05) is 12.8 Å². The summed E-state index contributed by atoms with van der Waals surface area (Å²) in [5.74, 6) is 0.411. The molecule has 1 aliphatic carbocycles. The first-order valence-corrected chi connectivity index (χ1v) is 10.8. The van der Waals surface area contributed by atoms with E-state index in [1.54, 1.807) is 15.8 Å². The number of ether oxygens (including phenoxy) is 2. The molecule has 0 radical (unpaired) electrons. The minimum Gasteiger partial charge on any atom is -0.443 e. The first-order valence-electron chi connectivity index (χ1n) is 10.5. The minimum absolute atomic E-state index is 0.0149. The highest BCUT2D eigenvalue weighted by Gasteiger charge is 2.35. The van der Waals surface area contributed by atoms with Crippen molar-refractivity contribution in [2.75, 3.05) is 11.5 Å². The standard InChI is InChI=1S/C20H28ClN5O4/c1-20(2,3)30-19(28)25(12-6-4-5-7-12)16-14-10-22-26(17(14)24-18(21)23-16)15-9-8-13(11-27)29-15/h10,12-13,15,27H,4-9,11H2,1-3H3. The number of rotatable bonds is 4. The maximum atomic E-state index is 13.2. The van der Waals surface area contributed by atoms with E-state index in [1.807, 2.05) is 20.8 Å². The van der Waals surface area contributed by atoms with Crippen LogP contribution in [0.5, 0.6) is 0 Å². The Hall–Kier alpha value is -1.97. The molecular weight excluding hydrogens is 410 g/mol. The van der Waals surface area contributed by atoms with Crippen LogP contribution in [-0.4, -0.2) is 55.3 Å². The van der Waals surface area contributed by atoms with Gasteiger partial charge in [-0.05, 0) is 58.1 Å². The van der Waals surface area contributed by atoms with Gasteiger partial charge >= 0.3 is 6.09 Å². The van der Waals surface area contributed by atoms with Gasteiger partial charge < -0.3 is 14.6 Å². The van der Waals surface area contributed by atoms with Crippen molar-refractivity contribution in [1.29, 1.82) is 0 Å². The summed E-state index contributed by atoms with van der Waals surface area (Å²) in [7, 11) is 0. The number of carbonyl (C=O) groups excluding carboxylic acids is 1. The van der Waals surface area contributed by atoms with Gasteiger partial charge in [0.05, 0.1) is 24.3 Å². The average Bonchev–Trinajstić information content (AvgIpc) is 3.40. The molecule has 2 atom stereocenters. The largest absolute Gasteiger partial charge is 0.443 e. The Balaban J connectivity index is 1.76. The highest BCUT2D eigenvalue weighted by atomic mass is 35.5. The van der Waals surface area contributed by atoms with E-state index >= 15 is 0 Å². The molecule has 0 bridgehead atoms. The van der Waals surface area contributed by atoms with Crippen LogP contribution in [-0.2, 0) is 9.47 Å². The van der Waals surface area contributed by atoms with E-state index in [9.17, 15) is 9.90 Å². The zero-order valence-electron chi connectivity index (χ0n) is 17.5. The topological polar surface area (TPSA) is 103 Å². The van der Waals surface area contributed by atoms with Gasteiger partial charge in [0.2, 0.25) is 5.28 Å². The number of halogens is 1. The smallest absolute Gasteiger partial charge is 0.416 e. The van der Waals surface area contributed by atoms with Crippen molar-refractivity contribution < 1.29 is 19.4 Å². The van der Waals surface area contributed by atoms with Gasteiger partial charge in [0.15, 0.2) is 17.7 Å². The molecule has 164 valence electrons. The molecule has 2 aromatic rings. The van der Waals surface area contributed by atoms with Gasteiger partial charge in [-0.25, -0.2) is 9.48 Å². The highest BCUT2D eigenvalue weighted by Crippen LogP contribution is 2.36. The second-order valence-corrected chi connectivity index (χ2v) is 9.24. The lowest BCUT2D eigenvalue weighted by molar-refractivity contribution is -0.0262. The monoisotopic (exact) mass is 437 g/mol. The van der Waals surface area contributed by atoms with Crippen LogP contribution in [0, 0.1) is 0 Å². The Kier molecular flexibility index (Phi) is 5.87. The molecule has 10 heteroatoms. The normalized spacial score (nSPS) is 22.7. The third kappa shape index (κ3) is 4.24. The quantitative estimate of drug-likeness (QED) is 0.725. The van der Waals surface area contributed by atoms with Crippen molar-refractivity contribution in [2.24, 2.45) is 0 Å². The second kappa shape index (κ2) is 8.28. The van der Waals surface area contributed by atoms with E-state index in [2.05, 4.69) is 15.1 Å². The molecule has 2 unspecified atom stereocenters. The predicted molar refractivity (Wildman–Crippen MR) is 112 cm³/mol. The Morgan fingerprint density at radius 1 is 1.30 bits per heavy atom. The lowest BCUT2D eigenvalue weighted by Gasteiger charge is -2.31. The lowest BCUT2D eigenvalue weighted by Crippen LogP contribution is -2.43. The number of nitrogens with zero attached hydrogens (tertiary/aromatic N) is 5. The van der Waals surface area contributed by atoms with Crippen molar-refractivity contribution in [3.8, 4) is 0 Å². The number of aliphatic hydroxyl groups is 1. The Labute approximate surface area is 180 Å². The molecule has 0 spiro atoms. The number of fused-ring (bicyclic) bond motifs is 1. The number of aromatic nitrogens is 4. The highest BCUT2D eigenvalue weighted by molar-refractivity contribution is 6.28. The van der Waals surface area contributed by atoms with Crippen LogP contribution in [0.25, 0.3) is 11.0 Å². The van der Waals surface area contributed by atoms with Crippen molar-refractivity contribution in [2.45, 2.75) is 83.3 Å². The van der Waals surface area contributed by atoms with Gasteiger partial charge in [0.1, 0.15) is 5.60 Å². The summed E-state index contributed by atoms with van der Waals surface area (Å²) < 4.78 is 13.2. The van der Waals surface area contributed by atoms with E-state index in [1.165, 1.54) is 0 Å². The molecule has 2 aromatic heterocycles. The minimum atomic E-state index is -0.634. The van der Waals surface area contributed by atoms with Crippen LogP contribution in [0.1, 0.15) is 65.5 Å². The van der Waals surface area contributed by atoms with Crippen LogP contribution in [0.4, 0.5) is 10.6 Å². The molecule has 2 aliphatic rings. The van der Waals surface area contributed by atoms with Crippen LogP contribution in [0.2, 0.25) is 5.28 Å². The molecule has 0 aromatic carbocycles. The maximum Gasteiger partial charge on any atom is 0.416 e. The fourth-order valence-corrected chi connectivity index (χ4v) is 4.32. The SMILES string of the molecule is CC(C)(C)OC(=O)N(c1nc(Cl)nc2c1cnn2C1CCC(CO)O1)C1CCCC1. The number of hydrogen-bond acceptors (Lipinski definition) is 7. The van der Waals surface area contributed by atoms with Gasteiger partial charge in [0.25, 0.3) is 0 Å². The first kappa shape index (κ1) is 21.3. The molecule has 4 rings (SSSR count). The molecule has 1 amide bonds. The Morgan fingerprint density at radius 2 is 2.03 bits per heavy atom. The zero-order chi connectivity index (χ0) is 21.5. The molecule has 1 N–H and O–H groups in total. The lowest BCUT2D eigenvalue weighted by atomic mass is 10.2. The van der Waals surface area contributed by atoms with Crippen molar-refractivity contribution in [3.63, 3.8) is 0 Å². The van der Waals surface area contributed by atoms with E-state index in [0.717, 1.165) is 32.1 Å². The van der Waals surface area contributed by atoms with Crippen molar-refractivity contribution in [3.05, 3.63) is 11.5 Å². The van der Waals surface area contributed by atoms with Crippen molar-refractivity contribution in [1.82, 2.24) is 19.7 Å². The molecule has 30 heavy (non-hydrogen) atoms. The molecule has 1 saturated heterocycles. The number of amides is 1. The fraction of sp³-hybridized carbons (Fsp3) is 0.700. The summed E-state index contributed by atoms with van der Waals surface area (Å²) in [6.07, 6.45) is 5.91. The Morgan fingerprint density at radius 3 is 2.67 bits per heavy atom. The number of carbonyl (C=O) groups is 1. The van der Waals surface area contributed by atoms with E-state index in [0.29, 0.717) is 23.3 Å². The summed E-state index contributed by atoms with van der Waals surface area (Å²) in [6, 6.07) is -0.0149. The fourth-order valence-electron chi connectivity index (χ4n) is 4.16. The van der Waals surface area contributed by atoms with Crippen LogP contribution < -0.4 is 4.90 Å². The summed E-state index contributed by atoms with van der Waals surface area (Å²) >= 11 is 6.28. The summed E-state index contributed by atoms with van der Waals surface area (Å²) in [6.45, 7) is 5.48. The summed E-state index contributed by atoms with van der Waals surface area (Å²) in [5, 5.41) is 14.5. The number of anilines is 1. The van der Waals surface area contributed by atoms with Crippen LogP contribution >= 0.6 is 11.6 Å². The molecule has 3 heterocycles. The zero-order valence-corrected chi connectivity index (χ0v) is 18.3. The predicted octanol–water partition coefficient (Wildman–Crippen LogP) is 3.83.